The molecule has 1 aliphatic heterocycles. The lowest BCUT2D eigenvalue weighted by Gasteiger charge is -2.21. The first-order valence-corrected chi connectivity index (χ1v) is 6.53. The first-order valence-electron chi connectivity index (χ1n) is 6.53. The van der Waals surface area contributed by atoms with E-state index >= 15 is 0 Å². The van der Waals surface area contributed by atoms with Crippen LogP contribution in [0.2, 0.25) is 0 Å². The van der Waals surface area contributed by atoms with E-state index in [-0.39, 0.29) is 17.8 Å². The van der Waals surface area contributed by atoms with Crippen molar-refractivity contribution in [1.29, 1.82) is 0 Å². The molecule has 20 heavy (non-hydrogen) atoms. The van der Waals surface area contributed by atoms with Crippen molar-refractivity contribution in [2.45, 2.75) is 18.2 Å². The minimum Gasteiger partial charge on any atom is -0.377 e. The summed E-state index contributed by atoms with van der Waals surface area (Å²) >= 11 is 0. The fourth-order valence-corrected chi connectivity index (χ4v) is 2.60. The lowest BCUT2D eigenvalue weighted by atomic mass is 10.1. The number of benzene rings is 1. The molecule has 0 aromatic heterocycles. The van der Waals surface area contributed by atoms with Crippen molar-refractivity contribution in [2.75, 3.05) is 33.9 Å². The Balaban J connectivity index is 2.01. The van der Waals surface area contributed by atoms with Gasteiger partial charge in [-0.05, 0) is 18.2 Å². The number of nitrogens with two attached hydrogens (primary N) is 1. The quantitative estimate of drug-likeness (QED) is 0.886. The third-order valence-corrected chi connectivity index (χ3v) is 3.71. The van der Waals surface area contributed by atoms with E-state index in [0.29, 0.717) is 19.6 Å². The number of nitrogens with zero attached hydrogens (tertiary/aromatic N) is 1. The van der Waals surface area contributed by atoms with Gasteiger partial charge in [0.25, 0.3) is 0 Å². The van der Waals surface area contributed by atoms with Crippen LogP contribution in [0.5, 0.6) is 0 Å². The lowest BCUT2D eigenvalue weighted by molar-refractivity contribution is -0.00461. The monoisotopic (exact) mass is 286 g/mol. The predicted octanol–water partition coefficient (Wildman–Crippen LogP) is 1.31. The van der Waals surface area contributed by atoms with Gasteiger partial charge in [0, 0.05) is 45.5 Å². The Morgan fingerprint density at radius 3 is 2.40 bits per heavy atom. The maximum absolute atomic E-state index is 13.7. The molecular formula is C14H20F2N2O2. The van der Waals surface area contributed by atoms with Gasteiger partial charge < -0.3 is 15.2 Å². The molecule has 112 valence electrons. The number of ether oxygens (including phenoxy) is 2. The van der Waals surface area contributed by atoms with E-state index in [0.717, 1.165) is 18.2 Å². The maximum atomic E-state index is 13.7. The Kier molecular flexibility index (Phi) is 5.04. The van der Waals surface area contributed by atoms with Gasteiger partial charge >= 0.3 is 0 Å². The number of methoxy groups -OCH3 is 2. The summed E-state index contributed by atoms with van der Waals surface area (Å²) in [6.07, 6.45) is -0.0471. The van der Waals surface area contributed by atoms with Gasteiger partial charge in [-0.2, -0.15) is 0 Å². The Hall–Kier alpha value is -1.08. The van der Waals surface area contributed by atoms with E-state index in [2.05, 4.69) is 0 Å². The highest BCUT2D eigenvalue weighted by molar-refractivity contribution is 5.22. The number of rotatable bonds is 5. The molecule has 0 aliphatic carbocycles. The van der Waals surface area contributed by atoms with Crippen LogP contribution in [0.4, 0.5) is 8.78 Å². The lowest BCUT2D eigenvalue weighted by Crippen LogP contribution is -2.32. The zero-order valence-corrected chi connectivity index (χ0v) is 11.7. The van der Waals surface area contributed by atoms with E-state index < -0.39 is 17.7 Å². The fraction of sp³-hybridized carbons (Fsp3) is 0.571. The summed E-state index contributed by atoms with van der Waals surface area (Å²) in [6, 6.07) is 2.75. The zero-order valence-electron chi connectivity index (χ0n) is 11.7. The van der Waals surface area contributed by atoms with Crippen molar-refractivity contribution in [3.63, 3.8) is 0 Å². The number of halogens is 2. The molecule has 4 nitrogen and oxygen atoms in total. The van der Waals surface area contributed by atoms with Gasteiger partial charge in [-0.15, -0.1) is 0 Å². The van der Waals surface area contributed by atoms with Crippen LogP contribution in [-0.4, -0.2) is 51.0 Å². The van der Waals surface area contributed by atoms with Gasteiger partial charge in [0.2, 0.25) is 0 Å². The predicted molar refractivity (Wildman–Crippen MR) is 71.3 cm³/mol. The molecule has 1 aromatic rings. The molecule has 1 fully saturated rings. The van der Waals surface area contributed by atoms with Crippen LogP contribution in [0.3, 0.4) is 0 Å². The molecule has 1 aromatic carbocycles. The van der Waals surface area contributed by atoms with Gasteiger partial charge in [-0.3, -0.25) is 4.90 Å². The highest BCUT2D eigenvalue weighted by Gasteiger charge is 2.33. The molecule has 3 atom stereocenters. The fourth-order valence-electron chi connectivity index (χ4n) is 2.60. The van der Waals surface area contributed by atoms with Gasteiger partial charge in [-0.1, -0.05) is 0 Å². The molecular weight excluding hydrogens is 266 g/mol. The van der Waals surface area contributed by atoms with Crippen LogP contribution in [0.25, 0.3) is 0 Å². The van der Waals surface area contributed by atoms with Crippen molar-refractivity contribution in [1.82, 2.24) is 4.90 Å². The first-order chi connectivity index (χ1) is 9.55. The molecule has 0 spiro atoms. The summed E-state index contributed by atoms with van der Waals surface area (Å²) in [7, 11) is 3.26. The average molecular weight is 286 g/mol. The second-order valence-electron chi connectivity index (χ2n) is 5.04. The second-order valence-corrected chi connectivity index (χ2v) is 5.04. The van der Waals surface area contributed by atoms with Crippen LogP contribution in [0.15, 0.2) is 18.2 Å². The van der Waals surface area contributed by atoms with E-state index in [1.54, 1.807) is 14.2 Å². The van der Waals surface area contributed by atoms with Crippen LogP contribution < -0.4 is 5.73 Å². The molecule has 0 amide bonds. The van der Waals surface area contributed by atoms with Gasteiger partial charge in [0.1, 0.15) is 11.6 Å². The van der Waals surface area contributed by atoms with Crippen molar-refractivity contribution in [3.8, 4) is 0 Å². The Morgan fingerprint density at radius 2 is 1.85 bits per heavy atom. The van der Waals surface area contributed by atoms with Gasteiger partial charge in [0.15, 0.2) is 0 Å². The molecule has 3 unspecified atom stereocenters. The number of hydrogen-bond acceptors (Lipinski definition) is 4. The minimum atomic E-state index is -0.584. The Morgan fingerprint density at radius 1 is 1.25 bits per heavy atom. The summed E-state index contributed by atoms with van der Waals surface area (Å²) in [5, 5.41) is 0. The topological polar surface area (TPSA) is 47.7 Å². The van der Waals surface area contributed by atoms with Crippen molar-refractivity contribution < 1.29 is 18.3 Å². The van der Waals surface area contributed by atoms with Crippen LogP contribution in [0.1, 0.15) is 11.6 Å². The largest absolute Gasteiger partial charge is 0.377 e. The van der Waals surface area contributed by atoms with Crippen molar-refractivity contribution in [2.24, 2.45) is 5.73 Å². The Bertz CT molecular complexity index is 447. The van der Waals surface area contributed by atoms with E-state index in [1.807, 2.05) is 4.90 Å². The van der Waals surface area contributed by atoms with Crippen LogP contribution in [0, 0.1) is 11.6 Å². The molecule has 0 saturated carbocycles. The van der Waals surface area contributed by atoms with Gasteiger partial charge in [0.05, 0.1) is 12.2 Å². The number of hydrogen-bond donors (Lipinski definition) is 1. The standard InChI is InChI=1S/C14H20F2N2O2/c1-19-13-7-18(8-14(13)20-2)6-12(17)10-5-9(15)3-4-11(10)16/h3-5,12-14H,6-8,17H2,1-2H3. The molecule has 6 heteroatoms. The molecule has 1 heterocycles. The number of likely N-dealkylation sites (tertiary alicyclic amines) is 1. The molecule has 2 rings (SSSR count). The molecule has 0 bridgehead atoms. The minimum absolute atomic E-state index is 0.0236. The zero-order chi connectivity index (χ0) is 14.7. The highest BCUT2D eigenvalue weighted by atomic mass is 19.1. The van der Waals surface area contributed by atoms with Crippen LogP contribution in [-0.2, 0) is 9.47 Å². The normalized spacial score (nSPS) is 25.1. The van der Waals surface area contributed by atoms with Crippen molar-refractivity contribution >= 4 is 0 Å². The summed E-state index contributed by atoms with van der Waals surface area (Å²) < 4.78 is 37.5. The Labute approximate surface area is 117 Å². The molecule has 0 radical (unpaired) electrons. The third kappa shape index (κ3) is 3.32. The first kappa shape index (κ1) is 15.3. The molecule has 2 N–H and O–H groups in total. The smallest absolute Gasteiger partial charge is 0.128 e. The average Bonchev–Trinajstić information content (AvgIpc) is 2.83. The van der Waals surface area contributed by atoms with E-state index in [4.69, 9.17) is 15.2 Å². The SMILES string of the molecule is COC1CN(CC(N)c2cc(F)ccc2F)CC1OC. The summed E-state index contributed by atoms with van der Waals surface area (Å²) in [6.45, 7) is 1.76. The summed E-state index contributed by atoms with van der Waals surface area (Å²) in [5.74, 6) is -0.965. The van der Waals surface area contributed by atoms with Crippen molar-refractivity contribution in [3.05, 3.63) is 35.4 Å². The summed E-state index contributed by atoms with van der Waals surface area (Å²) in [4.78, 5) is 2.04. The van der Waals surface area contributed by atoms with Crippen LogP contribution >= 0.6 is 0 Å². The van der Waals surface area contributed by atoms with E-state index in [9.17, 15) is 8.78 Å². The summed E-state index contributed by atoms with van der Waals surface area (Å²) in [5.41, 5.74) is 6.18. The van der Waals surface area contributed by atoms with Gasteiger partial charge in [-0.25, -0.2) is 8.78 Å². The molecule has 1 saturated heterocycles. The second kappa shape index (κ2) is 6.58. The highest BCUT2D eigenvalue weighted by Crippen LogP contribution is 2.21. The molecule has 1 aliphatic rings. The third-order valence-electron chi connectivity index (χ3n) is 3.71. The van der Waals surface area contributed by atoms with E-state index in [1.165, 1.54) is 0 Å². The maximum Gasteiger partial charge on any atom is 0.128 e.